The Hall–Kier alpha value is -2.88. The maximum absolute atomic E-state index is 9.89. The predicted octanol–water partition coefficient (Wildman–Crippen LogP) is 4.08. The third kappa shape index (κ3) is 7.09. The molecule has 0 saturated heterocycles. The molecule has 164 valence electrons. The highest BCUT2D eigenvalue weighted by molar-refractivity contribution is 9.10. The van der Waals surface area contributed by atoms with Gasteiger partial charge in [0.1, 0.15) is 42.1 Å². The molecule has 9 heteroatoms. The first-order chi connectivity index (χ1) is 14.9. The summed E-state index contributed by atoms with van der Waals surface area (Å²) in [5.41, 5.74) is 0.830. The van der Waals surface area contributed by atoms with E-state index in [9.17, 15) is 5.11 Å². The van der Waals surface area contributed by atoms with Gasteiger partial charge in [-0.15, -0.1) is 0 Å². The molecule has 3 aromatic rings. The van der Waals surface area contributed by atoms with Gasteiger partial charge in [-0.25, -0.2) is 9.97 Å². The molecule has 1 aromatic heterocycles. The average Bonchev–Trinajstić information content (AvgIpc) is 2.74. The van der Waals surface area contributed by atoms with Crippen molar-refractivity contribution < 1.29 is 19.3 Å². The fourth-order valence-electron chi connectivity index (χ4n) is 2.72. The Morgan fingerprint density at radius 2 is 1.81 bits per heavy atom. The van der Waals surface area contributed by atoms with Gasteiger partial charge in [0.15, 0.2) is 0 Å². The van der Waals surface area contributed by atoms with Crippen LogP contribution in [0.25, 0.3) is 0 Å². The van der Waals surface area contributed by atoms with Crippen molar-refractivity contribution in [1.29, 1.82) is 0 Å². The lowest BCUT2D eigenvalue weighted by Gasteiger charge is -2.16. The molecule has 3 rings (SSSR count). The van der Waals surface area contributed by atoms with Gasteiger partial charge in [0.25, 0.3) is 0 Å². The number of aromatic nitrogens is 2. The van der Waals surface area contributed by atoms with Crippen LogP contribution in [-0.4, -0.2) is 60.4 Å². The van der Waals surface area contributed by atoms with E-state index in [1.54, 1.807) is 19.2 Å². The minimum atomic E-state index is -0.544. The van der Waals surface area contributed by atoms with Gasteiger partial charge in [-0.05, 0) is 72.5 Å². The Kier molecular flexibility index (Phi) is 8.05. The molecule has 1 unspecified atom stereocenters. The number of nitrogens with zero attached hydrogens (tertiary/aromatic N) is 3. The van der Waals surface area contributed by atoms with Crippen molar-refractivity contribution in [3.63, 3.8) is 0 Å². The van der Waals surface area contributed by atoms with Crippen LogP contribution in [0.5, 0.6) is 23.1 Å². The molecule has 0 radical (unpaired) electrons. The highest BCUT2D eigenvalue weighted by Gasteiger charge is 2.08. The van der Waals surface area contributed by atoms with Gasteiger partial charge in [0.2, 0.25) is 5.88 Å². The number of aliphatic hydroxyl groups is 1. The van der Waals surface area contributed by atoms with Gasteiger partial charge in [0, 0.05) is 18.3 Å². The van der Waals surface area contributed by atoms with Crippen molar-refractivity contribution in [3.05, 3.63) is 59.3 Å². The van der Waals surface area contributed by atoms with Crippen LogP contribution < -0.4 is 19.5 Å². The van der Waals surface area contributed by atoms with Crippen LogP contribution in [0, 0.1) is 0 Å². The number of ether oxygens (including phenoxy) is 3. The van der Waals surface area contributed by atoms with Crippen molar-refractivity contribution in [2.45, 2.75) is 6.10 Å². The molecular weight excluding hydrogens is 464 g/mol. The van der Waals surface area contributed by atoms with Crippen molar-refractivity contribution >= 4 is 27.4 Å². The Morgan fingerprint density at radius 3 is 2.48 bits per heavy atom. The molecular formula is C22H25BrN4O4. The number of methoxy groups -OCH3 is 1. The molecule has 0 spiro atoms. The lowest BCUT2D eigenvalue weighted by atomic mass is 10.3. The summed E-state index contributed by atoms with van der Waals surface area (Å²) in [6.07, 6.45) is 0.886. The first-order valence-corrected chi connectivity index (χ1v) is 10.4. The fraction of sp³-hybridized carbons (Fsp3) is 0.273. The van der Waals surface area contributed by atoms with Gasteiger partial charge in [-0.1, -0.05) is 0 Å². The predicted molar refractivity (Wildman–Crippen MR) is 123 cm³/mol. The highest BCUT2D eigenvalue weighted by atomic mass is 79.9. The van der Waals surface area contributed by atoms with Crippen LogP contribution in [0.2, 0.25) is 0 Å². The lowest BCUT2D eigenvalue weighted by molar-refractivity contribution is 0.0831. The summed E-state index contributed by atoms with van der Waals surface area (Å²) >= 11 is 3.46. The van der Waals surface area contributed by atoms with Gasteiger partial charge in [0.05, 0.1) is 11.6 Å². The number of anilines is 2. The van der Waals surface area contributed by atoms with E-state index < -0.39 is 6.10 Å². The summed E-state index contributed by atoms with van der Waals surface area (Å²) in [4.78, 5) is 10.3. The molecule has 0 aliphatic rings. The standard InChI is InChI=1S/C22H25BrN4O4/c1-27(2)12-16(28)13-30-17-6-4-15(5-7-17)26-21-11-22(25-14-24-21)31-20-9-8-18(29-3)10-19(20)23/h4-11,14,16,28H,12-13H2,1-3H3,(H,24,25,26). The first kappa shape index (κ1) is 22.8. The SMILES string of the molecule is COc1ccc(Oc2cc(Nc3ccc(OCC(O)CN(C)C)cc3)ncn2)c(Br)c1. The van der Waals surface area contributed by atoms with E-state index in [4.69, 9.17) is 14.2 Å². The van der Waals surface area contributed by atoms with Crippen LogP contribution in [0.15, 0.2) is 59.3 Å². The third-order valence-electron chi connectivity index (χ3n) is 4.14. The van der Waals surface area contributed by atoms with Crippen molar-refractivity contribution in [1.82, 2.24) is 14.9 Å². The summed E-state index contributed by atoms with van der Waals surface area (Å²) in [6.45, 7) is 0.781. The van der Waals surface area contributed by atoms with E-state index in [1.165, 1.54) is 6.33 Å². The second kappa shape index (κ2) is 10.9. The lowest BCUT2D eigenvalue weighted by Crippen LogP contribution is -2.30. The van der Waals surface area contributed by atoms with Crippen LogP contribution in [0.4, 0.5) is 11.5 Å². The summed E-state index contributed by atoms with van der Waals surface area (Å²) in [5.74, 6) is 3.01. The normalized spacial score (nSPS) is 11.8. The minimum absolute atomic E-state index is 0.235. The number of benzene rings is 2. The zero-order chi connectivity index (χ0) is 22.2. The van der Waals surface area contributed by atoms with Crippen LogP contribution >= 0.6 is 15.9 Å². The molecule has 1 heterocycles. The Bertz CT molecular complexity index is 985. The molecule has 8 nitrogen and oxygen atoms in total. The van der Waals surface area contributed by atoms with Crippen molar-refractivity contribution in [2.75, 3.05) is 39.7 Å². The molecule has 0 saturated carbocycles. The maximum atomic E-state index is 9.89. The number of nitrogens with one attached hydrogen (secondary N) is 1. The molecule has 0 amide bonds. The molecule has 0 bridgehead atoms. The average molecular weight is 489 g/mol. The zero-order valence-corrected chi connectivity index (χ0v) is 19.2. The summed E-state index contributed by atoms with van der Waals surface area (Å²) in [5, 5.41) is 13.1. The van der Waals surface area contributed by atoms with Gasteiger partial charge in [-0.2, -0.15) is 0 Å². The van der Waals surface area contributed by atoms with E-state index in [2.05, 4.69) is 31.2 Å². The monoisotopic (exact) mass is 488 g/mol. The van der Waals surface area contributed by atoms with Gasteiger partial charge >= 0.3 is 0 Å². The molecule has 2 N–H and O–H groups in total. The van der Waals surface area contributed by atoms with E-state index in [0.717, 1.165) is 15.9 Å². The number of likely N-dealkylation sites (N-methyl/N-ethyl adjacent to an activating group) is 1. The second-order valence-corrected chi connectivity index (χ2v) is 7.87. The number of hydrogen-bond acceptors (Lipinski definition) is 8. The number of hydrogen-bond donors (Lipinski definition) is 2. The molecule has 31 heavy (non-hydrogen) atoms. The number of aliphatic hydroxyl groups excluding tert-OH is 1. The number of rotatable bonds is 10. The highest BCUT2D eigenvalue weighted by Crippen LogP contribution is 2.32. The summed E-state index contributed by atoms with van der Waals surface area (Å²) in [7, 11) is 5.42. The van der Waals surface area contributed by atoms with E-state index in [-0.39, 0.29) is 6.61 Å². The fourth-order valence-corrected chi connectivity index (χ4v) is 3.16. The largest absolute Gasteiger partial charge is 0.497 e. The molecule has 0 aliphatic heterocycles. The summed E-state index contributed by atoms with van der Waals surface area (Å²) in [6, 6.07) is 14.5. The van der Waals surface area contributed by atoms with Crippen LogP contribution in [-0.2, 0) is 0 Å². The van der Waals surface area contributed by atoms with Crippen LogP contribution in [0.3, 0.4) is 0 Å². The van der Waals surface area contributed by atoms with E-state index >= 15 is 0 Å². The number of halogens is 1. The zero-order valence-electron chi connectivity index (χ0n) is 17.6. The molecule has 0 aliphatic carbocycles. The maximum Gasteiger partial charge on any atom is 0.224 e. The summed E-state index contributed by atoms with van der Waals surface area (Å²) < 4.78 is 17.4. The third-order valence-corrected chi connectivity index (χ3v) is 4.76. The van der Waals surface area contributed by atoms with Crippen molar-refractivity contribution in [2.24, 2.45) is 0 Å². The Morgan fingerprint density at radius 1 is 1.06 bits per heavy atom. The van der Waals surface area contributed by atoms with E-state index in [1.807, 2.05) is 55.4 Å². The minimum Gasteiger partial charge on any atom is -0.497 e. The first-order valence-electron chi connectivity index (χ1n) is 9.59. The van der Waals surface area contributed by atoms with E-state index in [0.29, 0.717) is 29.7 Å². The molecule has 2 aromatic carbocycles. The van der Waals surface area contributed by atoms with Crippen molar-refractivity contribution in [3.8, 4) is 23.1 Å². The smallest absolute Gasteiger partial charge is 0.224 e. The Labute approximate surface area is 189 Å². The van der Waals surface area contributed by atoms with Gasteiger partial charge in [-0.3, -0.25) is 0 Å². The quantitative estimate of drug-likeness (QED) is 0.441. The Balaban J connectivity index is 1.59. The molecule has 1 atom stereocenters. The van der Waals surface area contributed by atoms with Gasteiger partial charge < -0.3 is 29.5 Å². The molecule has 0 fully saturated rings. The topological polar surface area (TPSA) is 89.0 Å². The van der Waals surface area contributed by atoms with Crippen LogP contribution in [0.1, 0.15) is 0 Å². The second-order valence-electron chi connectivity index (χ2n) is 7.02.